The standard InChI is InChI=1S/2C29H39N5O8/c2*1-28(2,3)31-11-17(35)32-15-10-16(33(4)5)13-8-12-9-14-21(34(6)7)24(38)20(27(30)41)26(40)29(14,42)25(39)18(12)23(37)19(13)22(15)36/h2*10,12,14,21,31,36-37,40,42H,8-9,11H2,1-7H3,(H2,30,41)(H,32,35)/t12-,14-,21+,29-;12-,14-,21-,29-/m00/s1. The van der Waals surface area contributed by atoms with Crippen LogP contribution in [0, 0.1) is 23.7 Å². The summed E-state index contributed by atoms with van der Waals surface area (Å²) < 4.78 is 0. The third kappa shape index (κ3) is 10.7. The summed E-state index contributed by atoms with van der Waals surface area (Å²) in [4.78, 5) is 111. The number of fused-ring (bicyclic) bond motifs is 6. The minimum absolute atomic E-state index is 0.00158. The molecule has 456 valence electrons. The van der Waals surface area contributed by atoms with Gasteiger partial charge in [-0.25, -0.2) is 0 Å². The molecule has 0 aliphatic heterocycles. The van der Waals surface area contributed by atoms with Crippen molar-refractivity contribution in [2.24, 2.45) is 35.1 Å². The van der Waals surface area contributed by atoms with Crippen molar-refractivity contribution in [1.82, 2.24) is 20.4 Å². The highest BCUT2D eigenvalue weighted by Gasteiger charge is 2.66. The van der Waals surface area contributed by atoms with E-state index in [0.717, 1.165) is 0 Å². The summed E-state index contributed by atoms with van der Waals surface area (Å²) in [7, 11) is 13.2. The van der Waals surface area contributed by atoms with Crippen molar-refractivity contribution >= 4 is 81.0 Å². The lowest BCUT2D eigenvalue weighted by molar-refractivity contribution is -0.155. The van der Waals surface area contributed by atoms with Gasteiger partial charge in [0.2, 0.25) is 23.4 Å². The maximum atomic E-state index is 14.0. The summed E-state index contributed by atoms with van der Waals surface area (Å²) in [5.41, 5.74) is 4.23. The van der Waals surface area contributed by atoms with Gasteiger partial charge in [0, 0.05) is 73.6 Å². The van der Waals surface area contributed by atoms with Crippen LogP contribution in [0.3, 0.4) is 0 Å². The van der Waals surface area contributed by atoms with E-state index in [1.165, 1.54) is 9.80 Å². The molecule has 0 saturated heterocycles. The summed E-state index contributed by atoms with van der Waals surface area (Å²) in [5.74, 6) is -15.6. The van der Waals surface area contributed by atoms with Crippen molar-refractivity contribution in [3.05, 3.63) is 68.2 Å². The molecule has 16 N–H and O–H groups in total. The number of likely N-dealkylation sites (N-methyl/N-ethyl adjacent to an activating group) is 2. The normalized spacial score (nSPS) is 25.7. The van der Waals surface area contributed by atoms with Crippen LogP contribution in [0.2, 0.25) is 0 Å². The molecule has 0 spiro atoms. The molecule has 4 amide bonds. The number of hydrogen-bond acceptors (Lipinski definition) is 22. The van der Waals surface area contributed by atoms with Crippen molar-refractivity contribution in [2.75, 3.05) is 89.9 Å². The number of Topliss-reactive ketones (excluding diaryl/α,β-unsaturated/α-hetero) is 4. The van der Waals surface area contributed by atoms with Crippen LogP contribution >= 0.6 is 0 Å². The van der Waals surface area contributed by atoms with Gasteiger partial charge >= 0.3 is 0 Å². The van der Waals surface area contributed by atoms with E-state index in [2.05, 4.69) is 21.3 Å². The van der Waals surface area contributed by atoms with E-state index in [1.807, 2.05) is 41.5 Å². The second-order valence-electron chi connectivity index (χ2n) is 25.3. The highest BCUT2D eigenvalue weighted by molar-refractivity contribution is 6.26. The molecule has 8 atom stereocenters. The number of carbonyl (C=O) groups excluding carboxylic acids is 8. The summed E-state index contributed by atoms with van der Waals surface area (Å²) in [6.45, 7) is 11.2. The number of carbonyl (C=O) groups is 8. The predicted octanol–water partition coefficient (Wildman–Crippen LogP) is 0.713. The number of amides is 4. The van der Waals surface area contributed by atoms with E-state index in [4.69, 9.17) is 11.5 Å². The van der Waals surface area contributed by atoms with E-state index in [0.29, 0.717) is 22.5 Å². The number of nitrogens with one attached hydrogen (secondary N) is 4. The maximum Gasteiger partial charge on any atom is 0.255 e. The monoisotopic (exact) mass is 1170 g/mol. The Morgan fingerprint density at radius 3 is 1.13 bits per heavy atom. The van der Waals surface area contributed by atoms with Crippen molar-refractivity contribution in [1.29, 1.82) is 0 Å². The highest BCUT2D eigenvalue weighted by Crippen LogP contribution is 2.57. The van der Waals surface area contributed by atoms with Gasteiger partial charge in [-0.1, -0.05) is 0 Å². The van der Waals surface area contributed by atoms with E-state index < -0.39 is 139 Å². The molecule has 26 heteroatoms. The number of aromatic hydroxyl groups is 2. The van der Waals surface area contributed by atoms with Crippen LogP contribution in [0.25, 0.3) is 11.5 Å². The van der Waals surface area contributed by atoms with Gasteiger partial charge in [0.05, 0.1) is 47.7 Å². The molecule has 0 bridgehead atoms. The number of phenolic OH excluding ortho intramolecular Hbond substituents is 2. The van der Waals surface area contributed by atoms with Gasteiger partial charge in [0.25, 0.3) is 11.8 Å². The Kier molecular flexibility index (Phi) is 16.9. The second kappa shape index (κ2) is 22.3. The first-order valence-corrected chi connectivity index (χ1v) is 27.2. The van der Waals surface area contributed by atoms with Crippen LogP contribution in [-0.4, -0.2) is 201 Å². The number of phenols is 2. The van der Waals surface area contributed by atoms with E-state index in [1.54, 1.807) is 78.3 Å². The summed E-state index contributed by atoms with van der Waals surface area (Å²) in [6.07, 6.45) is 0.234. The minimum Gasteiger partial charge on any atom is -0.508 e. The smallest absolute Gasteiger partial charge is 0.255 e. The number of anilines is 4. The first-order chi connectivity index (χ1) is 38.6. The van der Waals surface area contributed by atoms with Gasteiger partial charge in [-0.15, -0.1) is 0 Å². The number of rotatable bonds is 12. The fraction of sp³-hybridized carbons (Fsp3) is 0.517. The van der Waals surface area contributed by atoms with Crippen molar-refractivity contribution in [2.45, 2.75) is 102 Å². The topological polar surface area (TPSA) is 412 Å². The van der Waals surface area contributed by atoms with Gasteiger partial charge in [-0.05, 0) is 131 Å². The maximum absolute atomic E-state index is 14.0. The molecule has 2 aromatic rings. The number of primary amides is 2. The molecule has 0 aromatic heterocycles. The lowest BCUT2D eigenvalue weighted by Crippen LogP contribution is -2.65. The molecule has 0 radical (unpaired) electrons. The van der Waals surface area contributed by atoms with Crippen LogP contribution in [0.15, 0.2) is 45.9 Å². The quantitative estimate of drug-likeness (QED) is 0.103. The zero-order valence-corrected chi connectivity index (χ0v) is 49.6. The van der Waals surface area contributed by atoms with E-state index >= 15 is 0 Å². The molecule has 2 aromatic carbocycles. The van der Waals surface area contributed by atoms with E-state index in [-0.39, 0.29) is 83.5 Å². The lowest BCUT2D eigenvalue weighted by atomic mass is 9.57. The number of nitrogens with two attached hydrogens (primary N) is 2. The van der Waals surface area contributed by atoms with Gasteiger partial charge in [0.1, 0.15) is 45.7 Å². The number of aliphatic hydroxyl groups excluding tert-OH is 4. The molecule has 2 fully saturated rings. The minimum atomic E-state index is -2.73. The van der Waals surface area contributed by atoms with Crippen molar-refractivity contribution < 1.29 is 79.2 Å². The Hall–Kier alpha value is -7.88. The third-order valence-electron chi connectivity index (χ3n) is 16.5. The lowest BCUT2D eigenvalue weighted by Gasteiger charge is -2.50. The van der Waals surface area contributed by atoms with Gasteiger partial charge < -0.3 is 83.4 Å². The van der Waals surface area contributed by atoms with Crippen molar-refractivity contribution in [3.63, 3.8) is 0 Å². The average molecular weight is 1170 g/mol. The fourth-order valence-electron chi connectivity index (χ4n) is 12.7. The molecule has 2 saturated carbocycles. The van der Waals surface area contributed by atoms with Crippen molar-refractivity contribution in [3.8, 4) is 11.5 Å². The fourth-order valence-corrected chi connectivity index (χ4v) is 12.7. The van der Waals surface area contributed by atoms with Crippen LogP contribution in [-0.2, 0) is 51.2 Å². The SMILES string of the molecule is CN(C)c1cc(NC(=O)CNC(C)(C)C)c(O)c2c1C[C@H]1C[C@H]3[C@@H](N(C)C)C(=O)C(C(N)=O)=C(O)[C@@]3(O)C(=O)C1=C2O.CN(C)c1cc(NC(=O)CNC(C)(C)C)c(O)c2c1C[C@H]1C[C@H]3[C@H](N(C)C)C(=O)C(C(N)=O)=C(O)[C@@]3(O)C(=O)C1=C2O. The van der Waals surface area contributed by atoms with Gasteiger partial charge in [-0.3, -0.25) is 48.2 Å². The van der Waals surface area contributed by atoms with E-state index in [9.17, 15) is 79.2 Å². The number of aliphatic hydroxyl groups is 6. The Balaban J connectivity index is 0.000000241. The van der Waals surface area contributed by atoms with Crippen LogP contribution in [0.1, 0.15) is 76.6 Å². The zero-order valence-electron chi connectivity index (χ0n) is 49.6. The van der Waals surface area contributed by atoms with Gasteiger partial charge in [-0.2, -0.15) is 0 Å². The molecular formula is C58H78N10O16. The van der Waals surface area contributed by atoms with Crippen LogP contribution in [0.4, 0.5) is 22.7 Å². The molecule has 0 heterocycles. The summed E-state index contributed by atoms with van der Waals surface area (Å²) in [5, 5.41) is 103. The molecule has 84 heavy (non-hydrogen) atoms. The Bertz CT molecular complexity index is 3130. The molecule has 8 rings (SSSR count). The molecule has 0 unspecified atom stereocenters. The Morgan fingerprint density at radius 1 is 0.560 bits per heavy atom. The first-order valence-electron chi connectivity index (χ1n) is 27.2. The molecule has 26 nitrogen and oxygen atoms in total. The Morgan fingerprint density at radius 2 is 0.869 bits per heavy atom. The molecule has 6 aliphatic rings. The zero-order chi connectivity index (χ0) is 63.3. The third-order valence-corrected chi connectivity index (χ3v) is 16.5. The Labute approximate surface area is 485 Å². The largest absolute Gasteiger partial charge is 0.508 e. The number of nitrogens with zero attached hydrogens (tertiary/aromatic N) is 4. The molecular weight excluding hydrogens is 1090 g/mol. The predicted molar refractivity (Wildman–Crippen MR) is 310 cm³/mol. The number of benzene rings is 2. The van der Waals surface area contributed by atoms with Crippen LogP contribution < -0.4 is 42.5 Å². The van der Waals surface area contributed by atoms with Crippen LogP contribution in [0.5, 0.6) is 11.5 Å². The average Bonchev–Trinajstić information content (AvgIpc) is 0.732. The first kappa shape index (κ1) is 63.7. The number of hydrogen-bond donors (Lipinski definition) is 14. The second-order valence-corrected chi connectivity index (χ2v) is 25.3. The summed E-state index contributed by atoms with van der Waals surface area (Å²) >= 11 is 0. The summed E-state index contributed by atoms with van der Waals surface area (Å²) in [6, 6.07) is 0.818. The highest BCUT2D eigenvalue weighted by atomic mass is 16.4. The number of ketones is 4. The molecule has 6 aliphatic carbocycles. The van der Waals surface area contributed by atoms with Gasteiger partial charge in [0.15, 0.2) is 22.8 Å².